The average molecular weight is 618 g/mol. The first-order valence-corrected chi connectivity index (χ1v) is 15.8. The number of hydrogen-bond acceptors (Lipinski definition) is 10. The topological polar surface area (TPSA) is 165 Å². The monoisotopic (exact) mass is 617 g/mol. The maximum atomic E-state index is 16.0. The molecule has 17 heteroatoms. The van der Waals surface area contributed by atoms with Crippen LogP contribution in [-0.4, -0.2) is 74.9 Å². The molecule has 40 heavy (non-hydrogen) atoms. The molecule has 218 valence electrons. The molecule has 0 saturated carbocycles. The van der Waals surface area contributed by atoms with Crippen molar-refractivity contribution in [2.45, 2.75) is 32.9 Å². The Balaban J connectivity index is 2.14. The van der Waals surface area contributed by atoms with Crippen LogP contribution in [0.4, 0.5) is 20.8 Å². The van der Waals surface area contributed by atoms with Crippen LogP contribution in [0.2, 0.25) is 5.02 Å². The molecule has 1 atom stereocenters. The van der Waals surface area contributed by atoms with Crippen molar-refractivity contribution in [3.63, 3.8) is 0 Å². The van der Waals surface area contributed by atoms with Crippen LogP contribution in [0.3, 0.4) is 0 Å². The fraction of sp³-hybridized carbons (Fsp3) is 0.391. The SMILES string of the molecule is COC(=O)N[C@@H](C)CNc1nccc(-c2cn(C(C)C)nc2-c2cc(Cl)cc(N(S(C)(=O)=O)S(C)(=O)=O)c2F)n1. The number of rotatable bonds is 10. The Morgan fingerprint density at radius 1 is 1.15 bits per heavy atom. The number of sulfonamides is 2. The predicted octanol–water partition coefficient (Wildman–Crippen LogP) is 3.26. The molecule has 0 aliphatic heterocycles. The number of ether oxygens (including phenoxy) is 1. The van der Waals surface area contributed by atoms with Crippen LogP contribution < -0.4 is 14.3 Å². The van der Waals surface area contributed by atoms with Gasteiger partial charge in [-0.3, -0.25) is 4.68 Å². The summed E-state index contributed by atoms with van der Waals surface area (Å²) in [7, 11) is -7.66. The third kappa shape index (κ3) is 7.17. The zero-order valence-corrected chi connectivity index (χ0v) is 24.9. The van der Waals surface area contributed by atoms with E-state index < -0.39 is 37.6 Å². The lowest BCUT2D eigenvalue weighted by molar-refractivity contribution is 0.168. The minimum Gasteiger partial charge on any atom is -0.453 e. The average Bonchev–Trinajstić information content (AvgIpc) is 3.29. The van der Waals surface area contributed by atoms with Gasteiger partial charge in [0.25, 0.3) is 0 Å². The highest BCUT2D eigenvalue weighted by Crippen LogP contribution is 2.39. The molecular weight excluding hydrogens is 589 g/mol. The number of anilines is 2. The molecule has 0 aliphatic rings. The number of methoxy groups -OCH3 is 1. The quantitative estimate of drug-likeness (QED) is 0.345. The molecule has 0 saturated heterocycles. The fourth-order valence-corrected chi connectivity index (χ4v) is 6.84. The molecule has 2 N–H and O–H groups in total. The molecule has 2 aromatic heterocycles. The summed E-state index contributed by atoms with van der Waals surface area (Å²) in [6.45, 7) is 5.69. The van der Waals surface area contributed by atoms with Gasteiger partial charge in [-0.15, -0.1) is 0 Å². The standard InChI is InChI=1S/C23H29ClFN7O6S2/c1-13(2)31-12-17(18-7-8-26-22(29-18)27-11-14(3)28-23(33)38-4)21(30-31)16-9-15(24)10-19(20(16)25)32(39(5,34)35)40(6,36)37/h7-10,12-14H,11H2,1-6H3,(H,28,33)(H,26,27,29)/t14-/m0/s1. The van der Waals surface area contributed by atoms with Crippen LogP contribution in [0.1, 0.15) is 26.8 Å². The fourth-order valence-electron chi connectivity index (χ4n) is 3.68. The first-order chi connectivity index (χ1) is 18.5. The van der Waals surface area contributed by atoms with E-state index in [1.807, 2.05) is 13.8 Å². The first kappa shape index (κ1) is 31.0. The number of hydrogen-bond donors (Lipinski definition) is 2. The Labute approximate surface area is 236 Å². The summed E-state index contributed by atoms with van der Waals surface area (Å²) in [5, 5.41) is 9.97. The minimum atomic E-state index is -4.45. The van der Waals surface area contributed by atoms with Gasteiger partial charge in [0.05, 0.1) is 25.3 Å². The molecule has 2 heterocycles. The van der Waals surface area contributed by atoms with E-state index in [0.717, 1.165) is 6.07 Å². The van der Waals surface area contributed by atoms with Crippen LogP contribution in [0.5, 0.6) is 0 Å². The molecular formula is C23H29ClFN7O6S2. The first-order valence-electron chi connectivity index (χ1n) is 11.7. The summed E-state index contributed by atoms with van der Waals surface area (Å²) in [5.41, 5.74) is -0.288. The predicted molar refractivity (Wildman–Crippen MR) is 150 cm³/mol. The molecule has 0 spiro atoms. The number of nitrogens with one attached hydrogen (secondary N) is 2. The molecule has 13 nitrogen and oxygen atoms in total. The van der Waals surface area contributed by atoms with Gasteiger partial charge in [0.2, 0.25) is 26.0 Å². The molecule has 1 aromatic carbocycles. The van der Waals surface area contributed by atoms with E-state index in [1.165, 1.54) is 19.4 Å². The van der Waals surface area contributed by atoms with E-state index in [1.54, 1.807) is 23.9 Å². The Morgan fingerprint density at radius 2 is 1.80 bits per heavy atom. The lowest BCUT2D eigenvalue weighted by atomic mass is 10.0. The number of amides is 1. The Kier molecular flexibility index (Phi) is 9.26. The lowest BCUT2D eigenvalue weighted by Crippen LogP contribution is -2.37. The van der Waals surface area contributed by atoms with Crippen molar-refractivity contribution in [2.24, 2.45) is 0 Å². The van der Waals surface area contributed by atoms with Crippen molar-refractivity contribution < 1.29 is 30.8 Å². The van der Waals surface area contributed by atoms with Crippen LogP contribution in [0.25, 0.3) is 22.5 Å². The van der Waals surface area contributed by atoms with Crippen molar-refractivity contribution >= 4 is 49.4 Å². The van der Waals surface area contributed by atoms with E-state index in [9.17, 15) is 21.6 Å². The number of carbonyl (C=O) groups excluding carboxylic acids is 1. The molecule has 1 amide bonds. The highest BCUT2D eigenvalue weighted by Gasteiger charge is 2.32. The third-order valence-corrected chi connectivity index (χ3v) is 8.82. The van der Waals surface area contributed by atoms with Gasteiger partial charge in [0.15, 0.2) is 5.82 Å². The minimum absolute atomic E-state index is 0.0138. The van der Waals surface area contributed by atoms with Gasteiger partial charge in [0.1, 0.15) is 11.4 Å². The number of carbonyl (C=O) groups is 1. The van der Waals surface area contributed by atoms with E-state index in [2.05, 4.69) is 30.4 Å². The van der Waals surface area contributed by atoms with Crippen LogP contribution in [0.15, 0.2) is 30.6 Å². The normalized spacial score (nSPS) is 12.7. The molecule has 0 bridgehead atoms. The van der Waals surface area contributed by atoms with Crippen molar-refractivity contribution in [3.8, 4) is 22.5 Å². The summed E-state index contributed by atoms with van der Waals surface area (Å²) in [6, 6.07) is 3.21. The van der Waals surface area contributed by atoms with Crippen LogP contribution in [0, 0.1) is 5.82 Å². The maximum absolute atomic E-state index is 16.0. The van der Waals surface area contributed by atoms with E-state index in [0.29, 0.717) is 23.8 Å². The smallest absolute Gasteiger partial charge is 0.407 e. The zero-order chi connectivity index (χ0) is 30.0. The van der Waals surface area contributed by atoms with Crippen molar-refractivity contribution in [3.05, 3.63) is 41.4 Å². The summed E-state index contributed by atoms with van der Waals surface area (Å²) >= 11 is 6.23. The number of nitrogens with zero attached hydrogens (tertiary/aromatic N) is 5. The Morgan fingerprint density at radius 3 is 2.38 bits per heavy atom. The second kappa shape index (κ2) is 11.9. The zero-order valence-electron chi connectivity index (χ0n) is 22.5. The lowest BCUT2D eigenvalue weighted by Gasteiger charge is -2.21. The Hall–Kier alpha value is -3.50. The van der Waals surface area contributed by atoms with Gasteiger partial charge in [0, 0.05) is 47.2 Å². The second-order valence-corrected chi connectivity index (χ2v) is 13.5. The molecule has 0 radical (unpaired) electrons. The maximum Gasteiger partial charge on any atom is 0.407 e. The molecule has 0 unspecified atom stereocenters. The van der Waals surface area contributed by atoms with Gasteiger partial charge in [-0.05, 0) is 39.0 Å². The number of aromatic nitrogens is 4. The van der Waals surface area contributed by atoms with Gasteiger partial charge in [-0.25, -0.2) is 36.0 Å². The van der Waals surface area contributed by atoms with E-state index in [4.69, 9.17) is 11.6 Å². The van der Waals surface area contributed by atoms with Crippen LogP contribution in [-0.2, 0) is 24.8 Å². The molecule has 0 fully saturated rings. The highest BCUT2D eigenvalue weighted by molar-refractivity contribution is 8.09. The highest BCUT2D eigenvalue weighted by atomic mass is 35.5. The van der Waals surface area contributed by atoms with Gasteiger partial charge in [-0.2, -0.15) is 8.81 Å². The number of alkyl carbamates (subject to hydrolysis) is 1. The molecule has 3 rings (SSSR count). The summed E-state index contributed by atoms with van der Waals surface area (Å²) in [6.07, 6.45) is 3.78. The van der Waals surface area contributed by atoms with Crippen molar-refractivity contribution in [1.29, 1.82) is 0 Å². The Bertz CT molecular complexity index is 1600. The van der Waals surface area contributed by atoms with E-state index >= 15 is 4.39 Å². The second-order valence-electron chi connectivity index (χ2n) is 9.16. The molecule has 3 aromatic rings. The van der Waals surface area contributed by atoms with Crippen molar-refractivity contribution in [1.82, 2.24) is 25.1 Å². The van der Waals surface area contributed by atoms with Crippen molar-refractivity contribution in [2.75, 3.05) is 35.2 Å². The van der Waals surface area contributed by atoms with E-state index in [-0.39, 0.29) is 44.6 Å². The summed E-state index contributed by atoms with van der Waals surface area (Å²) in [4.78, 5) is 20.1. The molecule has 0 aliphatic carbocycles. The number of halogens is 2. The summed E-state index contributed by atoms with van der Waals surface area (Å²) < 4.78 is 71.6. The summed E-state index contributed by atoms with van der Waals surface area (Å²) in [5.74, 6) is -0.961. The number of benzene rings is 1. The van der Waals surface area contributed by atoms with Gasteiger partial charge >= 0.3 is 6.09 Å². The van der Waals surface area contributed by atoms with Gasteiger partial charge in [-0.1, -0.05) is 11.6 Å². The third-order valence-electron chi connectivity index (χ3n) is 5.38. The van der Waals surface area contributed by atoms with Gasteiger partial charge < -0.3 is 15.4 Å². The largest absolute Gasteiger partial charge is 0.453 e. The van der Waals surface area contributed by atoms with Crippen LogP contribution >= 0.6 is 11.6 Å².